The summed E-state index contributed by atoms with van der Waals surface area (Å²) < 4.78 is 12.4. The maximum atomic E-state index is 12.6. The monoisotopic (exact) mass is 410 g/mol. The number of carbonyl (C=O) groups excluding carboxylic acids is 1. The van der Waals surface area contributed by atoms with Gasteiger partial charge in [-0.05, 0) is 43.7 Å². The fraction of sp³-hybridized carbons (Fsp3) is 0.238. The van der Waals surface area contributed by atoms with Crippen molar-refractivity contribution in [3.63, 3.8) is 0 Å². The largest absolute Gasteiger partial charge is 0.497 e. The molecule has 0 fully saturated rings. The molecule has 0 radical (unpaired) electrons. The number of nitrogens with one attached hydrogen (secondary N) is 1. The summed E-state index contributed by atoms with van der Waals surface area (Å²) in [7, 11) is 1.59. The fourth-order valence-corrected chi connectivity index (χ4v) is 2.79. The second-order valence-electron chi connectivity index (χ2n) is 6.65. The van der Waals surface area contributed by atoms with Crippen LogP contribution < -0.4 is 10.1 Å². The van der Waals surface area contributed by atoms with Crippen LogP contribution in [0.4, 0.5) is 11.5 Å². The standard InChI is InChI=1S/C21H22N4O5/c1-14-11-20(24(23-14)17-7-9-18(10-8-17)25(27)28)22-21(26)15(2)30-13-16-5-4-6-19(12-16)29-3/h4-12,15H,13H2,1-3H3,(H,22,26). The van der Waals surface area contributed by atoms with Gasteiger partial charge in [-0.3, -0.25) is 14.9 Å². The van der Waals surface area contributed by atoms with Crippen molar-refractivity contribution in [1.82, 2.24) is 9.78 Å². The molecule has 3 aromatic rings. The third-order valence-corrected chi connectivity index (χ3v) is 4.39. The third-order valence-electron chi connectivity index (χ3n) is 4.39. The zero-order valence-electron chi connectivity index (χ0n) is 16.9. The SMILES string of the molecule is COc1cccc(COC(C)C(=O)Nc2cc(C)nn2-c2ccc([N+](=O)[O-])cc2)c1. The van der Waals surface area contributed by atoms with Gasteiger partial charge in [0.05, 0.1) is 30.0 Å². The molecule has 0 saturated heterocycles. The second-order valence-corrected chi connectivity index (χ2v) is 6.65. The molecule has 156 valence electrons. The van der Waals surface area contributed by atoms with Crippen molar-refractivity contribution in [2.75, 3.05) is 12.4 Å². The molecule has 0 bridgehead atoms. The van der Waals surface area contributed by atoms with Crippen molar-refractivity contribution in [2.24, 2.45) is 0 Å². The first-order valence-corrected chi connectivity index (χ1v) is 9.24. The minimum Gasteiger partial charge on any atom is -0.497 e. The van der Waals surface area contributed by atoms with Gasteiger partial charge in [-0.15, -0.1) is 0 Å². The predicted molar refractivity (Wildman–Crippen MR) is 111 cm³/mol. The van der Waals surface area contributed by atoms with E-state index in [0.29, 0.717) is 17.2 Å². The number of nitro benzene ring substituents is 1. The van der Waals surface area contributed by atoms with Crippen LogP contribution in [0.15, 0.2) is 54.6 Å². The zero-order chi connectivity index (χ0) is 21.7. The van der Waals surface area contributed by atoms with Crippen LogP contribution >= 0.6 is 0 Å². The summed E-state index contributed by atoms with van der Waals surface area (Å²) in [6.07, 6.45) is -0.711. The Morgan fingerprint density at radius 3 is 2.63 bits per heavy atom. The highest BCUT2D eigenvalue weighted by atomic mass is 16.6. The van der Waals surface area contributed by atoms with Crippen molar-refractivity contribution < 1.29 is 19.2 Å². The van der Waals surface area contributed by atoms with E-state index in [9.17, 15) is 14.9 Å². The molecular weight excluding hydrogens is 388 g/mol. The van der Waals surface area contributed by atoms with E-state index in [0.717, 1.165) is 11.3 Å². The average Bonchev–Trinajstić information content (AvgIpc) is 3.12. The Kier molecular flexibility index (Phi) is 6.43. The maximum absolute atomic E-state index is 12.6. The van der Waals surface area contributed by atoms with E-state index >= 15 is 0 Å². The first-order chi connectivity index (χ1) is 14.4. The highest BCUT2D eigenvalue weighted by Crippen LogP contribution is 2.21. The Labute approximate surface area is 173 Å². The lowest BCUT2D eigenvalue weighted by molar-refractivity contribution is -0.384. The first kappa shape index (κ1) is 21.0. The van der Waals surface area contributed by atoms with Gasteiger partial charge in [0.15, 0.2) is 0 Å². The van der Waals surface area contributed by atoms with E-state index in [1.165, 1.54) is 16.8 Å². The number of nitro groups is 1. The number of methoxy groups -OCH3 is 1. The number of benzene rings is 2. The van der Waals surface area contributed by atoms with Gasteiger partial charge in [0.25, 0.3) is 11.6 Å². The highest BCUT2D eigenvalue weighted by molar-refractivity contribution is 5.93. The second kappa shape index (κ2) is 9.19. The van der Waals surface area contributed by atoms with Crippen molar-refractivity contribution in [3.05, 3.63) is 76.0 Å². The van der Waals surface area contributed by atoms with Crippen LogP contribution in [-0.2, 0) is 16.1 Å². The highest BCUT2D eigenvalue weighted by Gasteiger charge is 2.18. The van der Waals surface area contributed by atoms with Crippen LogP contribution in [0.5, 0.6) is 5.75 Å². The van der Waals surface area contributed by atoms with Gasteiger partial charge < -0.3 is 14.8 Å². The molecule has 0 aliphatic rings. The lowest BCUT2D eigenvalue weighted by Crippen LogP contribution is -2.28. The van der Waals surface area contributed by atoms with Crippen molar-refractivity contribution in [3.8, 4) is 11.4 Å². The Bertz CT molecular complexity index is 1050. The molecule has 1 amide bonds. The summed E-state index contributed by atoms with van der Waals surface area (Å²) >= 11 is 0. The van der Waals surface area contributed by atoms with Crippen molar-refractivity contribution in [1.29, 1.82) is 0 Å². The lowest BCUT2D eigenvalue weighted by Gasteiger charge is -2.14. The number of anilines is 1. The van der Waals surface area contributed by atoms with Gasteiger partial charge in [-0.2, -0.15) is 5.10 Å². The number of nitrogens with zero attached hydrogens (tertiary/aromatic N) is 3. The average molecular weight is 410 g/mol. The Balaban J connectivity index is 1.68. The molecule has 0 aliphatic carbocycles. The van der Waals surface area contributed by atoms with Crippen molar-refractivity contribution >= 4 is 17.4 Å². The summed E-state index contributed by atoms with van der Waals surface area (Å²) in [5, 5.41) is 18.0. The summed E-state index contributed by atoms with van der Waals surface area (Å²) in [6, 6.07) is 15.1. The summed E-state index contributed by atoms with van der Waals surface area (Å²) in [6.45, 7) is 3.71. The molecule has 3 rings (SSSR count). The molecule has 1 aromatic heterocycles. The number of rotatable bonds is 8. The van der Waals surface area contributed by atoms with Crippen molar-refractivity contribution in [2.45, 2.75) is 26.6 Å². The van der Waals surface area contributed by atoms with Crippen LogP contribution in [0.2, 0.25) is 0 Å². The number of ether oxygens (including phenoxy) is 2. The summed E-state index contributed by atoms with van der Waals surface area (Å²) in [5.41, 5.74) is 2.15. The summed E-state index contributed by atoms with van der Waals surface area (Å²) in [5.74, 6) is 0.833. The lowest BCUT2D eigenvalue weighted by atomic mass is 10.2. The number of hydrogen-bond donors (Lipinski definition) is 1. The fourth-order valence-electron chi connectivity index (χ4n) is 2.79. The van der Waals surface area contributed by atoms with E-state index in [4.69, 9.17) is 9.47 Å². The molecule has 9 nitrogen and oxygen atoms in total. The van der Waals surface area contributed by atoms with E-state index in [-0.39, 0.29) is 18.2 Å². The molecule has 9 heteroatoms. The quantitative estimate of drug-likeness (QED) is 0.449. The van der Waals surface area contributed by atoms with Gasteiger partial charge in [-0.25, -0.2) is 4.68 Å². The van der Waals surface area contributed by atoms with Gasteiger partial charge in [0.2, 0.25) is 0 Å². The Morgan fingerprint density at radius 2 is 1.97 bits per heavy atom. The molecule has 2 aromatic carbocycles. The van der Waals surface area contributed by atoms with Gasteiger partial charge in [0, 0.05) is 18.2 Å². The topological polar surface area (TPSA) is 109 Å². The molecule has 30 heavy (non-hydrogen) atoms. The van der Waals surface area contributed by atoms with Gasteiger partial charge in [0.1, 0.15) is 17.7 Å². The zero-order valence-corrected chi connectivity index (χ0v) is 16.9. The normalized spacial score (nSPS) is 11.7. The van der Waals surface area contributed by atoms with E-state index in [1.54, 1.807) is 39.2 Å². The molecular formula is C21H22N4O5. The molecule has 0 spiro atoms. The molecule has 1 N–H and O–H groups in total. The number of amides is 1. The molecule has 1 atom stereocenters. The number of carbonyl (C=O) groups is 1. The summed E-state index contributed by atoms with van der Waals surface area (Å²) in [4.78, 5) is 23.0. The molecule has 0 aliphatic heterocycles. The van der Waals surface area contributed by atoms with Crippen LogP contribution in [0.3, 0.4) is 0 Å². The number of aromatic nitrogens is 2. The minimum absolute atomic E-state index is 0.0206. The van der Waals surface area contributed by atoms with E-state index < -0.39 is 11.0 Å². The van der Waals surface area contributed by atoms with E-state index in [2.05, 4.69) is 10.4 Å². The molecule has 1 heterocycles. The number of aryl methyl sites for hydroxylation is 1. The number of hydrogen-bond acceptors (Lipinski definition) is 6. The number of non-ortho nitro benzene ring substituents is 1. The minimum atomic E-state index is -0.711. The van der Waals surface area contributed by atoms with Crippen LogP contribution in [0.25, 0.3) is 5.69 Å². The third kappa shape index (κ3) is 5.00. The smallest absolute Gasteiger partial charge is 0.269 e. The Hall–Kier alpha value is -3.72. The van der Waals surface area contributed by atoms with Crippen LogP contribution in [0, 0.1) is 17.0 Å². The first-order valence-electron chi connectivity index (χ1n) is 9.24. The molecule has 1 unspecified atom stereocenters. The van der Waals surface area contributed by atoms with E-state index in [1.807, 2.05) is 24.3 Å². The predicted octanol–water partition coefficient (Wildman–Crippen LogP) is 3.64. The Morgan fingerprint density at radius 1 is 1.23 bits per heavy atom. The van der Waals surface area contributed by atoms with Crippen LogP contribution in [-0.4, -0.2) is 33.8 Å². The maximum Gasteiger partial charge on any atom is 0.269 e. The van der Waals surface area contributed by atoms with Gasteiger partial charge in [-0.1, -0.05) is 12.1 Å². The van der Waals surface area contributed by atoms with Crippen LogP contribution in [0.1, 0.15) is 18.2 Å². The molecule has 0 saturated carbocycles. The van der Waals surface area contributed by atoms with Gasteiger partial charge >= 0.3 is 0 Å².